The number of anilines is 2. The van der Waals surface area contributed by atoms with Gasteiger partial charge in [0.15, 0.2) is 23.9 Å². The van der Waals surface area contributed by atoms with Crippen molar-refractivity contribution in [3.8, 4) is 11.5 Å². The van der Waals surface area contributed by atoms with Crippen molar-refractivity contribution in [2.45, 2.75) is 79.1 Å². The van der Waals surface area contributed by atoms with E-state index in [2.05, 4.69) is 24.5 Å². The lowest BCUT2D eigenvalue weighted by Crippen LogP contribution is -2.26. The van der Waals surface area contributed by atoms with E-state index >= 15 is 0 Å². The van der Waals surface area contributed by atoms with Crippen LogP contribution >= 0.6 is 0 Å². The summed E-state index contributed by atoms with van der Waals surface area (Å²) in [6.45, 7) is 9.12. The van der Waals surface area contributed by atoms with Gasteiger partial charge in [0.25, 0.3) is 0 Å². The lowest BCUT2D eigenvalue weighted by molar-refractivity contribution is 0.309. The van der Waals surface area contributed by atoms with E-state index in [1.807, 2.05) is 13.8 Å². The minimum absolute atomic E-state index is 0.0912. The molecule has 0 aromatic heterocycles. The van der Waals surface area contributed by atoms with Crippen LogP contribution in [0.4, 0.5) is 11.4 Å². The zero-order chi connectivity index (χ0) is 29.4. The van der Waals surface area contributed by atoms with Gasteiger partial charge in [0, 0.05) is 11.4 Å². The molecule has 0 atom stereocenters. The van der Waals surface area contributed by atoms with E-state index in [4.69, 9.17) is 9.47 Å². The van der Waals surface area contributed by atoms with Crippen LogP contribution < -0.4 is 20.1 Å². The molecule has 2 aromatic carbocycles. The lowest BCUT2D eigenvalue weighted by Gasteiger charge is -2.20. The first-order chi connectivity index (χ1) is 19.2. The Morgan fingerprint density at radius 1 is 0.575 bits per heavy atom. The standard InChI is InChI=1S/C30H46N2O6S2/c1-5-9-21-37-27-17-13-25(14-18-27)31-29(32-26-15-19-28(20-16-26)38-22-10-6-2)30(39(33,34)23-11-7-3)40(35,36)24-12-8-4/h13-20,31-32H,5-12,21-24H2,1-4H3. The van der Waals surface area contributed by atoms with Gasteiger partial charge in [-0.05, 0) is 74.2 Å². The van der Waals surface area contributed by atoms with Crippen LogP contribution in [-0.4, -0.2) is 41.6 Å². The molecule has 40 heavy (non-hydrogen) atoms. The van der Waals surface area contributed by atoms with E-state index in [0.29, 0.717) is 61.8 Å². The molecule has 0 aliphatic carbocycles. The van der Waals surface area contributed by atoms with Gasteiger partial charge in [-0.2, -0.15) is 0 Å². The Hall–Kier alpha value is -2.72. The number of ether oxygens (including phenoxy) is 2. The highest BCUT2D eigenvalue weighted by Crippen LogP contribution is 2.28. The fourth-order valence-electron chi connectivity index (χ4n) is 3.72. The van der Waals surface area contributed by atoms with Gasteiger partial charge in [0.1, 0.15) is 17.3 Å². The summed E-state index contributed by atoms with van der Waals surface area (Å²) in [4.78, 5) is 0. The van der Waals surface area contributed by atoms with Gasteiger partial charge in [-0.15, -0.1) is 0 Å². The number of sulfone groups is 2. The molecule has 0 bridgehead atoms. The minimum Gasteiger partial charge on any atom is -0.494 e. The number of benzene rings is 2. The molecule has 8 nitrogen and oxygen atoms in total. The van der Waals surface area contributed by atoms with Gasteiger partial charge in [-0.3, -0.25) is 0 Å². The smallest absolute Gasteiger partial charge is 0.199 e. The van der Waals surface area contributed by atoms with Crippen molar-refractivity contribution in [3.63, 3.8) is 0 Å². The number of unbranched alkanes of at least 4 members (excludes halogenated alkanes) is 4. The summed E-state index contributed by atoms with van der Waals surface area (Å²) in [6, 6.07) is 14.0. The van der Waals surface area contributed by atoms with Crippen LogP contribution in [0, 0.1) is 0 Å². The third-order valence-electron chi connectivity index (χ3n) is 6.08. The summed E-state index contributed by atoms with van der Waals surface area (Å²) in [6.07, 6.45) is 5.88. The quantitative estimate of drug-likeness (QED) is 0.156. The predicted octanol–water partition coefficient (Wildman–Crippen LogP) is 7.12. The first-order valence-electron chi connectivity index (χ1n) is 14.4. The molecule has 0 aliphatic heterocycles. The van der Waals surface area contributed by atoms with Crippen LogP contribution in [-0.2, 0) is 19.7 Å². The Balaban J connectivity index is 2.54. The molecule has 0 spiro atoms. The molecule has 0 saturated heterocycles. The van der Waals surface area contributed by atoms with Crippen LogP contribution in [0.25, 0.3) is 0 Å². The summed E-state index contributed by atoms with van der Waals surface area (Å²) in [7, 11) is -8.28. The molecule has 10 heteroatoms. The molecule has 2 N–H and O–H groups in total. The largest absolute Gasteiger partial charge is 0.494 e. The fraction of sp³-hybridized carbons (Fsp3) is 0.533. The van der Waals surface area contributed by atoms with E-state index in [9.17, 15) is 16.8 Å². The van der Waals surface area contributed by atoms with Crippen LogP contribution in [0.15, 0.2) is 58.6 Å². The van der Waals surface area contributed by atoms with Crippen molar-refractivity contribution >= 4 is 31.0 Å². The van der Waals surface area contributed by atoms with Crippen molar-refractivity contribution in [2.24, 2.45) is 0 Å². The summed E-state index contributed by atoms with van der Waals surface area (Å²) < 4.78 is 65.1. The van der Waals surface area contributed by atoms with Crippen LogP contribution in [0.5, 0.6) is 11.5 Å². The Kier molecular flexibility index (Phi) is 14.4. The van der Waals surface area contributed by atoms with Gasteiger partial charge in [-0.1, -0.05) is 53.4 Å². The zero-order valence-electron chi connectivity index (χ0n) is 24.4. The fourth-order valence-corrected chi connectivity index (χ4v) is 8.30. The minimum atomic E-state index is -4.14. The second-order valence-electron chi connectivity index (χ2n) is 9.71. The molecule has 0 unspecified atom stereocenters. The molecular formula is C30H46N2O6S2. The monoisotopic (exact) mass is 594 g/mol. The maximum atomic E-state index is 13.6. The number of hydrogen-bond acceptors (Lipinski definition) is 8. The Morgan fingerprint density at radius 2 is 0.925 bits per heavy atom. The molecule has 0 saturated carbocycles. The van der Waals surface area contributed by atoms with E-state index in [-0.39, 0.29) is 17.3 Å². The van der Waals surface area contributed by atoms with E-state index in [1.165, 1.54) is 0 Å². The molecule has 2 rings (SSSR count). The predicted molar refractivity (Wildman–Crippen MR) is 165 cm³/mol. The van der Waals surface area contributed by atoms with Gasteiger partial charge >= 0.3 is 0 Å². The number of rotatable bonds is 20. The normalized spacial score (nSPS) is 11.6. The van der Waals surface area contributed by atoms with Crippen molar-refractivity contribution in [3.05, 3.63) is 58.6 Å². The third kappa shape index (κ3) is 11.0. The lowest BCUT2D eigenvalue weighted by atomic mass is 10.3. The highest BCUT2D eigenvalue weighted by molar-refractivity contribution is 8.14. The maximum Gasteiger partial charge on any atom is 0.199 e. The van der Waals surface area contributed by atoms with Crippen molar-refractivity contribution < 1.29 is 26.3 Å². The highest BCUT2D eigenvalue weighted by atomic mass is 32.3. The van der Waals surface area contributed by atoms with Crippen LogP contribution in [0.1, 0.15) is 79.1 Å². The van der Waals surface area contributed by atoms with E-state index < -0.39 is 23.9 Å². The SMILES string of the molecule is CCCCOc1ccc(NC(Nc2ccc(OCCCC)cc2)=C(S(=O)(=O)CCCC)S(=O)(=O)CCCC)cc1. The topological polar surface area (TPSA) is 111 Å². The van der Waals surface area contributed by atoms with E-state index in [0.717, 1.165) is 25.7 Å². The number of nitrogens with one attached hydrogen (secondary N) is 2. The summed E-state index contributed by atoms with van der Waals surface area (Å²) in [5.41, 5.74) is 1.05. The maximum absolute atomic E-state index is 13.6. The Labute approximate surface area is 241 Å². The summed E-state index contributed by atoms with van der Waals surface area (Å²) in [5, 5.41) is 6.13. The number of hydrogen-bond donors (Lipinski definition) is 2. The molecule has 2 aromatic rings. The van der Waals surface area contributed by atoms with Crippen molar-refractivity contribution in [1.82, 2.24) is 0 Å². The molecule has 0 amide bonds. The highest BCUT2D eigenvalue weighted by Gasteiger charge is 2.34. The van der Waals surface area contributed by atoms with Crippen molar-refractivity contribution in [1.29, 1.82) is 0 Å². The van der Waals surface area contributed by atoms with E-state index in [1.54, 1.807) is 48.5 Å². The molecule has 0 aliphatic rings. The average molecular weight is 595 g/mol. The first-order valence-corrected chi connectivity index (χ1v) is 17.7. The molecular weight excluding hydrogens is 548 g/mol. The average Bonchev–Trinajstić information content (AvgIpc) is 2.93. The van der Waals surface area contributed by atoms with Gasteiger partial charge in [0.2, 0.25) is 0 Å². The van der Waals surface area contributed by atoms with Crippen LogP contribution in [0.2, 0.25) is 0 Å². The summed E-state index contributed by atoms with van der Waals surface area (Å²) >= 11 is 0. The molecule has 0 radical (unpaired) electrons. The second-order valence-corrected chi connectivity index (χ2v) is 14.1. The summed E-state index contributed by atoms with van der Waals surface area (Å²) in [5.74, 6) is 0.758. The van der Waals surface area contributed by atoms with Crippen molar-refractivity contribution in [2.75, 3.05) is 35.4 Å². The molecule has 0 fully saturated rings. The molecule has 224 valence electrons. The third-order valence-corrected chi connectivity index (χ3v) is 10.8. The Morgan fingerprint density at radius 3 is 1.25 bits per heavy atom. The van der Waals surface area contributed by atoms with Gasteiger partial charge in [-0.25, -0.2) is 16.8 Å². The first kappa shape index (κ1) is 33.5. The molecule has 0 heterocycles. The Bertz CT molecular complexity index is 1160. The second kappa shape index (κ2) is 17.2. The van der Waals surface area contributed by atoms with Crippen LogP contribution in [0.3, 0.4) is 0 Å². The zero-order valence-corrected chi connectivity index (χ0v) is 26.0. The van der Waals surface area contributed by atoms with Gasteiger partial charge in [0.05, 0.1) is 24.7 Å². The van der Waals surface area contributed by atoms with Gasteiger partial charge < -0.3 is 20.1 Å².